The van der Waals surface area contributed by atoms with E-state index in [0.717, 1.165) is 0 Å². The van der Waals surface area contributed by atoms with E-state index in [1.165, 1.54) is 42.5 Å². The number of hydrogen-bond acceptors (Lipinski definition) is 4. The maximum absolute atomic E-state index is 12.3. The van der Waals surface area contributed by atoms with Crippen LogP contribution in [0.1, 0.15) is 0 Å². The molecule has 0 heterocycles. The summed E-state index contributed by atoms with van der Waals surface area (Å²) < 4.78 is 31.8. The molecule has 2 aromatic carbocycles. The average Bonchev–Trinajstić information content (AvgIpc) is 2.44. The molecule has 2 rings (SSSR count). The summed E-state index contributed by atoms with van der Waals surface area (Å²) in [7, 11) is -3.83. The van der Waals surface area contributed by atoms with E-state index in [1.54, 1.807) is 0 Å². The number of anilines is 1. The van der Waals surface area contributed by atoms with Crippen molar-refractivity contribution >= 4 is 44.9 Å². The largest absolute Gasteiger partial charge is 0.482 e. The highest BCUT2D eigenvalue weighted by atomic mass is 35.5. The van der Waals surface area contributed by atoms with E-state index in [-0.39, 0.29) is 16.3 Å². The molecule has 23 heavy (non-hydrogen) atoms. The molecule has 6 nitrogen and oxygen atoms in total. The van der Waals surface area contributed by atoms with Crippen molar-refractivity contribution in [3.05, 3.63) is 52.5 Å². The molecule has 0 amide bonds. The van der Waals surface area contributed by atoms with Gasteiger partial charge in [0, 0.05) is 10.0 Å². The Morgan fingerprint density at radius 1 is 1.09 bits per heavy atom. The van der Waals surface area contributed by atoms with Gasteiger partial charge in [0.05, 0.1) is 10.6 Å². The van der Waals surface area contributed by atoms with Gasteiger partial charge >= 0.3 is 5.97 Å². The maximum atomic E-state index is 12.3. The van der Waals surface area contributed by atoms with Crippen molar-refractivity contribution < 1.29 is 23.1 Å². The first-order valence-electron chi connectivity index (χ1n) is 6.20. The van der Waals surface area contributed by atoms with E-state index in [1.807, 2.05) is 0 Å². The molecule has 9 heteroatoms. The van der Waals surface area contributed by atoms with Gasteiger partial charge in [-0.3, -0.25) is 4.72 Å². The van der Waals surface area contributed by atoms with Crippen LogP contribution in [-0.2, 0) is 14.8 Å². The third kappa shape index (κ3) is 5.02. The number of ether oxygens (including phenoxy) is 1. The highest BCUT2D eigenvalue weighted by Crippen LogP contribution is 2.25. The van der Waals surface area contributed by atoms with Gasteiger partial charge in [0.15, 0.2) is 6.61 Å². The second-order valence-corrected chi connectivity index (χ2v) is 6.97. The monoisotopic (exact) mass is 375 g/mol. The third-order valence-electron chi connectivity index (χ3n) is 2.61. The summed E-state index contributed by atoms with van der Waals surface area (Å²) in [5, 5.41) is 9.11. The van der Waals surface area contributed by atoms with Crippen LogP contribution in [0.3, 0.4) is 0 Å². The van der Waals surface area contributed by atoms with Gasteiger partial charge in [0.2, 0.25) is 0 Å². The molecule has 0 fully saturated rings. The molecule has 0 saturated heterocycles. The highest BCUT2D eigenvalue weighted by molar-refractivity contribution is 7.92. The lowest BCUT2D eigenvalue weighted by Crippen LogP contribution is -2.13. The Balaban J connectivity index is 2.17. The molecule has 2 aromatic rings. The minimum Gasteiger partial charge on any atom is -0.482 e. The van der Waals surface area contributed by atoms with Crippen molar-refractivity contribution in [1.29, 1.82) is 0 Å². The zero-order chi connectivity index (χ0) is 17.0. The van der Waals surface area contributed by atoms with Gasteiger partial charge in [-0.15, -0.1) is 0 Å². The zero-order valence-corrected chi connectivity index (χ0v) is 13.8. The second kappa shape index (κ2) is 7.08. The van der Waals surface area contributed by atoms with E-state index in [4.69, 9.17) is 33.0 Å². The quantitative estimate of drug-likeness (QED) is 0.807. The standard InChI is InChI=1S/C14H11Cl2NO5S/c15-9-5-10(16)7-11(6-9)17-23(20,21)13-3-1-12(2-4-13)22-8-14(18)19/h1-7,17H,8H2,(H,18,19). The molecule has 0 bridgehead atoms. The predicted octanol–water partition coefficient (Wildman–Crippen LogP) is 3.26. The van der Waals surface area contributed by atoms with E-state index in [0.29, 0.717) is 10.0 Å². The van der Waals surface area contributed by atoms with Gasteiger partial charge in [-0.05, 0) is 42.5 Å². The summed E-state index contributed by atoms with van der Waals surface area (Å²) in [6.07, 6.45) is 0. The molecule has 0 radical (unpaired) electrons. The topological polar surface area (TPSA) is 92.7 Å². The minimum atomic E-state index is -3.83. The number of aliphatic carboxylic acids is 1. The Hall–Kier alpha value is -1.96. The number of nitrogens with one attached hydrogen (secondary N) is 1. The fraction of sp³-hybridized carbons (Fsp3) is 0.0714. The lowest BCUT2D eigenvalue weighted by atomic mass is 10.3. The van der Waals surface area contributed by atoms with Crippen molar-refractivity contribution in [2.75, 3.05) is 11.3 Å². The average molecular weight is 376 g/mol. The van der Waals surface area contributed by atoms with Crippen molar-refractivity contribution in [3.63, 3.8) is 0 Å². The summed E-state index contributed by atoms with van der Waals surface area (Å²) >= 11 is 11.6. The SMILES string of the molecule is O=C(O)COc1ccc(S(=O)(=O)Nc2cc(Cl)cc(Cl)c2)cc1. The predicted molar refractivity (Wildman–Crippen MR) is 86.8 cm³/mol. The fourth-order valence-electron chi connectivity index (χ4n) is 1.69. The fourth-order valence-corrected chi connectivity index (χ4v) is 3.25. The lowest BCUT2D eigenvalue weighted by Gasteiger charge is -2.10. The Labute approximate surface area is 142 Å². The number of rotatable bonds is 6. The van der Waals surface area contributed by atoms with Crippen molar-refractivity contribution in [3.8, 4) is 5.75 Å². The molecular formula is C14H11Cl2NO5S. The maximum Gasteiger partial charge on any atom is 0.341 e. The Morgan fingerprint density at radius 2 is 1.65 bits per heavy atom. The van der Waals surface area contributed by atoms with Crippen LogP contribution in [0.25, 0.3) is 0 Å². The van der Waals surface area contributed by atoms with Crippen molar-refractivity contribution in [2.24, 2.45) is 0 Å². The first-order valence-corrected chi connectivity index (χ1v) is 8.44. The lowest BCUT2D eigenvalue weighted by molar-refractivity contribution is -0.139. The van der Waals surface area contributed by atoms with Crippen LogP contribution in [0.4, 0.5) is 5.69 Å². The number of sulfonamides is 1. The number of carboxylic acids is 1. The summed E-state index contributed by atoms with van der Waals surface area (Å²) in [4.78, 5) is 10.4. The van der Waals surface area contributed by atoms with Crippen LogP contribution in [0.5, 0.6) is 5.75 Å². The van der Waals surface area contributed by atoms with Gasteiger partial charge in [0.1, 0.15) is 5.75 Å². The molecule has 0 aliphatic rings. The first-order chi connectivity index (χ1) is 10.8. The van der Waals surface area contributed by atoms with Crippen molar-refractivity contribution in [1.82, 2.24) is 0 Å². The van der Waals surface area contributed by atoms with Crippen LogP contribution in [0.15, 0.2) is 47.4 Å². The van der Waals surface area contributed by atoms with E-state index < -0.39 is 22.6 Å². The normalized spacial score (nSPS) is 11.0. The minimum absolute atomic E-state index is 0.0173. The summed E-state index contributed by atoms with van der Waals surface area (Å²) in [6.45, 7) is -0.509. The van der Waals surface area contributed by atoms with E-state index >= 15 is 0 Å². The van der Waals surface area contributed by atoms with Gasteiger partial charge < -0.3 is 9.84 Å². The number of carboxylic acid groups (broad SMARTS) is 1. The van der Waals surface area contributed by atoms with Crippen LogP contribution in [0, 0.1) is 0 Å². The molecular weight excluding hydrogens is 365 g/mol. The summed E-state index contributed by atoms with van der Waals surface area (Å²) in [5.41, 5.74) is 0.230. The molecule has 0 unspecified atom stereocenters. The number of halogens is 2. The van der Waals surface area contributed by atoms with Gasteiger partial charge in [-0.2, -0.15) is 0 Å². The number of hydrogen-bond donors (Lipinski definition) is 2. The number of carbonyl (C=O) groups is 1. The third-order valence-corrected chi connectivity index (χ3v) is 4.44. The molecule has 0 saturated carbocycles. The van der Waals surface area contributed by atoms with Gasteiger partial charge in [-0.25, -0.2) is 13.2 Å². The van der Waals surface area contributed by atoms with E-state index in [2.05, 4.69) is 4.72 Å². The molecule has 122 valence electrons. The number of benzene rings is 2. The summed E-state index contributed by atoms with van der Waals surface area (Å²) in [5.74, 6) is -0.877. The van der Waals surface area contributed by atoms with Crippen LogP contribution < -0.4 is 9.46 Å². The Kier molecular flexibility index (Phi) is 5.35. The zero-order valence-electron chi connectivity index (χ0n) is 11.5. The molecule has 0 aliphatic carbocycles. The molecule has 2 N–H and O–H groups in total. The Bertz CT molecular complexity index is 801. The molecule has 0 spiro atoms. The van der Waals surface area contributed by atoms with Gasteiger partial charge in [-0.1, -0.05) is 23.2 Å². The van der Waals surface area contributed by atoms with E-state index in [9.17, 15) is 13.2 Å². The van der Waals surface area contributed by atoms with Crippen molar-refractivity contribution in [2.45, 2.75) is 4.90 Å². The Morgan fingerprint density at radius 3 is 2.17 bits per heavy atom. The summed E-state index contributed by atoms with van der Waals surface area (Å²) in [6, 6.07) is 9.66. The molecule has 0 aliphatic heterocycles. The highest BCUT2D eigenvalue weighted by Gasteiger charge is 2.15. The smallest absolute Gasteiger partial charge is 0.341 e. The van der Waals surface area contributed by atoms with Crippen LogP contribution in [-0.4, -0.2) is 26.1 Å². The van der Waals surface area contributed by atoms with Crippen LogP contribution in [0.2, 0.25) is 10.0 Å². The first kappa shape index (κ1) is 17.4. The van der Waals surface area contributed by atoms with Gasteiger partial charge in [0.25, 0.3) is 10.0 Å². The van der Waals surface area contributed by atoms with Crippen LogP contribution >= 0.6 is 23.2 Å². The molecule has 0 atom stereocenters. The molecule has 0 aromatic heterocycles. The second-order valence-electron chi connectivity index (χ2n) is 4.42.